The molecule has 0 aliphatic heterocycles. The summed E-state index contributed by atoms with van der Waals surface area (Å²) in [4.78, 5) is 19.2. The third kappa shape index (κ3) is 5.86. The van der Waals surface area contributed by atoms with Crippen LogP contribution in [0.3, 0.4) is 0 Å². The van der Waals surface area contributed by atoms with Crippen molar-refractivity contribution in [3.8, 4) is 0 Å². The van der Waals surface area contributed by atoms with Gasteiger partial charge in [0.1, 0.15) is 10.8 Å². The maximum absolute atomic E-state index is 11.6. The lowest BCUT2D eigenvalue weighted by molar-refractivity contribution is 0.0951. The summed E-state index contributed by atoms with van der Waals surface area (Å²) in [6, 6.07) is 0. The van der Waals surface area contributed by atoms with Gasteiger partial charge in [-0.05, 0) is 12.2 Å². The van der Waals surface area contributed by atoms with Crippen LogP contribution >= 0.6 is 23.4 Å². The fourth-order valence-electron chi connectivity index (χ4n) is 1.05. The number of nitrogens with one attached hydrogen (secondary N) is 1. The van der Waals surface area contributed by atoms with E-state index in [-0.39, 0.29) is 23.4 Å². The number of aliphatic hydroxyl groups is 1. The van der Waals surface area contributed by atoms with E-state index in [4.69, 9.17) is 16.7 Å². The van der Waals surface area contributed by atoms with Crippen LogP contribution in [0.5, 0.6) is 0 Å². The molecular weight excluding hydrogens is 262 g/mol. The summed E-state index contributed by atoms with van der Waals surface area (Å²) in [6.07, 6.45) is 3.53. The Morgan fingerprint density at radius 2 is 2.29 bits per heavy atom. The number of aliphatic hydroxyl groups excluding tert-OH is 1. The summed E-state index contributed by atoms with van der Waals surface area (Å²) in [6.45, 7) is 0.764. The molecule has 0 aliphatic carbocycles. The Labute approximate surface area is 109 Å². The normalized spacial score (nSPS) is 10.2. The molecule has 0 spiro atoms. The van der Waals surface area contributed by atoms with Crippen molar-refractivity contribution in [2.24, 2.45) is 0 Å². The largest absolute Gasteiger partial charge is 0.396 e. The zero-order valence-electron chi connectivity index (χ0n) is 9.23. The fourth-order valence-corrected chi connectivity index (χ4v) is 1.98. The number of halogens is 1. The van der Waals surface area contributed by atoms with Crippen LogP contribution in [0.1, 0.15) is 16.9 Å². The molecule has 0 radical (unpaired) electrons. The lowest BCUT2D eigenvalue weighted by Gasteiger charge is -2.04. The lowest BCUT2D eigenvalue weighted by atomic mass is 10.4. The van der Waals surface area contributed by atoms with Crippen LogP contribution in [0.15, 0.2) is 12.4 Å². The number of amides is 1. The molecule has 5 nitrogen and oxygen atoms in total. The molecule has 17 heavy (non-hydrogen) atoms. The average molecular weight is 276 g/mol. The van der Waals surface area contributed by atoms with Gasteiger partial charge in [-0.25, -0.2) is 4.98 Å². The molecule has 0 saturated heterocycles. The Morgan fingerprint density at radius 1 is 1.47 bits per heavy atom. The van der Waals surface area contributed by atoms with Crippen LogP contribution in [0, 0.1) is 0 Å². The first-order chi connectivity index (χ1) is 8.24. The first kappa shape index (κ1) is 14.2. The number of nitrogens with zero attached hydrogens (tertiary/aromatic N) is 2. The lowest BCUT2D eigenvalue weighted by Crippen LogP contribution is -2.26. The average Bonchev–Trinajstić information content (AvgIpc) is 2.33. The smallest absolute Gasteiger partial charge is 0.271 e. The van der Waals surface area contributed by atoms with E-state index < -0.39 is 0 Å². The number of hydrogen-bond acceptors (Lipinski definition) is 5. The Kier molecular flexibility index (Phi) is 6.91. The minimum Gasteiger partial charge on any atom is -0.396 e. The molecule has 0 saturated carbocycles. The first-order valence-corrected chi connectivity index (χ1v) is 6.71. The van der Waals surface area contributed by atoms with Gasteiger partial charge in [-0.15, -0.1) is 0 Å². The molecule has 2 N–H and O–H groups in total. The van der Waals surface area contributed by atoms with Gasteiger partial charge in [-0.1, -0.05) is 11.6 Å². The highest BCUT2D eigenvalue weighted by atomic mass is 35.5. The van der Waals surface area contributed by atoms with Gasteiger partial charge in [0, 0.05) is 18.9 Å². The van der Waals surface area contributed by atoms with Gasteiger partial charge >= 0.3 is 0 Å². The predicted octanol–water partition coefficient (Wildman–Crippen LogP) is 0.975. The highest BCUT2D eigenvalue weighted by molar-refractivity contribution is 7.99. The van der Waals surface area contributed by atoms with E-state index in [1.165, 1.54) is 12.4 Å². The molecule has 1 aromatic heterocycles. The molecule has 0 aromatic carbocycles. The number of carbonyl (C=O) groups excluding carboxylic acids is 1. The molecule has 1 aromatic rings. The third-order valence-corrected chi connectivity index (χ3v) is 3.07. The minimum atomic E-state index is -0.275. The first-order valence-electron chi connectivity index (χ1n) is 5.18. The predicted molar refractivity (Wildman–Crippen MR) is 68.4 cm³/mol. The van der Waals surface area contributed by atoms with Crippen LogP contribution in [-0.2, 0) is 0 Å². The molecule has 1 amide bonds. The third-order valence-electron chi connectivity index (χ3n) is 1.82. The molecule has 7 heteroatoms. The second-order valence-corrected chi connectivity index (χ2v) is 4.78. The molecule has 1 rings (SSSR count). The Morgan fingerprint density at radius 3 is 3.00 bits per heavy atom. The van der Waals surface area contributed by atoms with Crippen molar-refractivity contribution >= 4 is 29.3 Å². The molecule has 0 fully saturated rings. The van der Waals surface area contributed by atoms with Gasteiger partial charge in [0.2, 0.25) is 0 Å². The van der Waals surface area contributed by atoms with Crippen molar-refractivity contribution in [2.45, 2.75) is 6.42 Å². The molecule has 0 aliphatic rings. The van der Waals surface area contributed by atoms with Crippen LogP contribution in [0.2, 0.25) is 5.15 Å². The SMILES string of the molecule is O=C(NCCSCCCO)c1cncc(Cl)n1. The van der Waals surface area contributed by atoms with Crippen molar-refractivity contribution < 1.29 is 9.90 Å². The Hall–Kier alpha value is -0.850. The van der Waals surface area contributed by atoms with E-state index in [0.717, 1.165) is 17.9 Å². The van der Waals surface area contributed by atoms with Gasteiger partial charge < -0.3 is 10.4 Å². The van der Waals surface area contributed by atoms with E-state index >= 15 is 0 Å². The minimum absolute atomic E-state index is 0.204. The Bertz CT molecular complexity index is 365. The second kappa shape index (κ2) is 8.27. The van der Waals surface area contributed by atoms with E-state index in [9.17, 15) is 4.79 Å². The van der Waals surface area contributed by atoms with Gasteiger partial charge in [-0.2, -0.15) is 11.8 Å². The standard InChI is InChI=1S/C10H14ClN3O2S/c11-9-7-12-6-8(14-9)10(16)13-2-5-17-4-1-3-15/h6-7,15H,1-5H2,(H,13,16). The number of thioether (sulfide) groups is 1. The summed E-state index contributed by atoms with van der Waals surface area (Å²) < 4.78 is 0. The molecule has 94 valence electrons. The molecule has 0 bridgehead atoms. The molecule has 0 unspecified atom stereocenters. The van der Waals surface area contributed by atoms with E-state index in [0.29, 0.717) is 6.54 Å². The van der Waals surface area contributed by atoms with Gasteiger partial charge in [-0.3, -0.25) is 9.78 Å². The monoisotopic (exact) mass is 275 g/mol. The quantitative estimate of drug-likeness (QED) is 0.726. The second-order valence-electron chi connectivity index (χ2n) is 3.17. The molecular formula is C10H14ClN3O2S. The van der Waals surface area contributed by atoms with Crippen molar-refractivity contribution in [1.82, 2.24) is 15.3 Å². The van der Waals surface area contributed by atoms with Crippen molar-refractivity contribution in [3.05, 3.63) is 23.2 Å². The zero-order valence-corrected chi connectivity index (χ0v) is 10.8. The van der Waals surface area contributed by atoms with Crippen LogP contribution in [0.4, 0.5) is 0 Å². The van der Waals surface area contributed by atoms with Crippen LogP contribution < -0.4 is 5.32 Å². The van der Waals surface area contributed by atoms with Crippen molar-refractivity contribution in [1.29, 1.82) is 0 Å². The maximum atomic E-state index is 11.6. The van der Waals surface area contributed by atoms with Gasteiger partial charge in [0.15, 0.2) is 0 Å². The maximum Gasteiger partial charge on any atom is 0.271 e. The summed E-state index contributed by atoms with van der Waals surface area (Å²) in [5.41, 5.74) is 0.220. The summed E-state index contributed by atoms with van der Waals surface area (Å²) in [5.74, 6) is 1.42. The number of carbonyl (C=O) groups is 1. The number of hydrogen-bond donors (Lipinski definition) is 2. The summed E-state index contributed by atoms with van der Waals surface area (Å²) in [7, 11) is 0. The number of aromatic nitrogens is 2. The Balaban J connectivity index is 2.21. The summed E-state index contributed by atoms with van der Waals surface area (Å²) in [5, 5.41) is 11.5. The molecule has 1 heterocycles. The zero-order chi connectivity index (χ0) is 12.5. The number of rotatable bonds is 7. The van der Waals surface area contributed by atoms with Crippen molar-refractivity contribution in [3.63, 3.8) is 0 Å². The van der Waals surface area contributed by atoms with Gasteiger partial charge in [0.25, 0.3) is 5.91 Å². The van der Waals surface area contributed by atoms with Crippen molar-refractivity contribution in [2.75, 3.05) is 24.7 Å². The fraction of sp³-hybridized carbons (Fsp3) is 0.500. The highest BCUT2D eigenvalue weighted by Gasteiger charge is 2.07. The highest BCUT2D eigenvalue weighted by Crippen LogP contribution is 2.03. The topological polar surface area (TPSA) is 75.1 Å². The van der Waals surface area contributed by atoms with E-state index in [1.54, 1.807) is 11.8 Å². The van der Waals surface area contributed by atoms with E-state index in [2.05, 4.69) is 15.3 Å². The van der Waals surface area contributed by atoms with Crippen LogP contribution in [-0.4, -0.2) is 45.6 Å². The van der Waals surface area contributed by atoms with Gasteiger partial charge in [0.05, 0.1) is 12.4 Å². The summed E-state index contributed by atoms with van der Waals surface area (Å²) >= 11 is 7.31. The van der Waals surface area contributed by atoms with Crippen LogP contribution in [0.25, 0.3) is 0 Å². The molecule has 0 atom stereocenters. The van der Waals surface area contributed by atoms with E-state index in [1.807, 2.05) is 0 Å².